The number of aromatic nitrogens is 2. The molecule has 0 bridgehead atoms. The summed E-state index contributed by atoms with van der Waals surface area (Å²) < 4.78 is 29.2. The molecule has 0 saturated carbocycles. The fourth-order valence-electron chi connectivity index (χ4n) is 4.25. The van der Waals surface area contributed by atoms with Crippen molar-refractivity contribution in [2.45, 2.75) is 57.9 Å². The fourth-order valence-corrected chi connectivity index (χ4v) is 7.19. The van der Waals surface area contributed by atoms with Gasteiger partial charge in [0, 0.05) is 36.1 Å². The van der Waals surface area contributed by atoms with E-state index >= 15 is 0 Å². The van der Waals surface area contributed by atoms with Crippen LogP contribution in [-0.2, 0) is 16.6 Å². The summed E-state index contributed by atoms with van der Waals surface area (Å²) in [6.07, 6.45) is 6.80. The molecule has 2 aromatic heterocycles. The summed E-state index contributed by atoms with van der Waals surface area (Å²) in [4.78, 5) is 24.5. The molecule has 2 heterocycles. The average Bonchev–Trinajstić information content (AvgIpc) is 3.36. The maximum Gasteiger partial charge on any atom is 0.260 e. The normalized spacial score (nSPS) is 11.8. The fraction of sp³-hybridized carbons (Fsp3) is 0.345. The third-order valence-corrected chi connectivity index (χ3v) is 9.62. The number of halogens is 1. The third kappa shape index (κ3) is 6.84. The lowest BCUT2D eigenvalue weighted by atomic mass is 10.2. The highest BCUT2D eigenvalue weighted by Crippen LogP contribution is 2.34. The van der Waals surface area contributed by atoms with Crippen molar-refractivity contribution in [1.82, 2.24) is 14.3 Å². The number of sulfonamides is 1. The van der Waals surface area contributed by atoms with Crippen LogP contribution in [0.5, 0.6) is 0 Å². The van der Waals surface area contributed by atoms with E-state index < -0.39 is 10.0 Å². The number of benzene rings is 2. The minimum Gasteiger partial charge on any atom is -0.279 e. The molecule has 10 heteroatoms. The molecule has 0 radical (unpaired) electrons. The standard InChI is InChI=1S/C29H33ClN4O3S2/c1-4-6-16-33(17-7-5-2)39(36,37)25-10-8-23(9-11-25)28(35)34(20-22-12-14-31-15-13-22)29-32-27-21(3)18-24(30)19-26(27)38-29/h8-15,18-19H,4-7,16-17,20H2,1-3H3. The molecule has 4 aromatic rings. The molecule has 0 aliphatic rings. The molecular weight excluding hydrogens is 552 g/mol. The number of hydrogen-bond acceptors (Lipinski definition) is 6. The molecule has 2 aromatic carbocycles. The van der Waals surface area contributed by atoms with Crippen LogP contribution in [0.2, 0.25) is 5.02 Å². The van der Waals surface area contributed by atoms with E-state index in [4.69, 9.17) is 16.6 Å². The summed E-state index contributed by atoms with van der Waals surface area (Å²) in [5.74, 6) is -0.271. The summed E-state index contributed by atoms with van der Waals surface area (Å²) in [7, 11) is -3.66. The van der Waals surface area contributed by atoms with Crippen molar-refractivity contribution < 1.29 is 13.2 Å². The molecule has 0 N–H and O–H groups in total. The Hall–Kier alpha value is -2.85. The molecule has 0 aliphatic heterocycles. The van der Waals surface area contributed by atoms with Gasteiger partial charge in [0.25, 0.3) is 5.91 Å². The first-order chi connectivity index (χ1) is 18.7. The largest absolute Gasteiger partial charge is 0.279 e. The van der Waals surface area contributed by atoms with E-state index in [1.54, 1.807) is 33.7 Å². The maximum atomic E-state index is 13.8. The van der Waals surface area contributed by atoms with Gasteiger partial charge < -0.3 is 0 Å². The van der Waals surface area contributed by atoms with Gasteiger partial charge in [-0.05, 0) is 79.4 Å². The van der Waals surface area contributed by atoms with E-state index in [1.165, 1.54) is 23.5 Å². The van der Waals surface area contributed by atoms with E-state index in [1.807, 2.05) is 45.0 Å². The lowest BCUT2D eigenvalue weighted by molar-refractivity contribution is 0.0985. The molecule has 39 heavy (non-hydrogen) atoms. The van der Waals surface area contributed by atoms with Gasteiger partial charge in [-0.25, -0.2) is 13.4 Å². The smallest absolute Gasteiger partial charge is 0.260 e. The van der Waals surface area contributed by atoms with Gasteiger partial charge in [-0.1, -0.05) is 49.6 Å². The van der Waals surface area contributed by atoms with Crippen LogP contribution < -0.4 is 4.90 Å². The van der Waals surface area contributed by atoms with Gasteiger partial charge >= 0.3 is 0 Å². The van der Waals surface area contributed by atoms with Crippen molar-refractivity contribution in [3.63, 3.8) is 0 Å². The number of nitrogens with zero attached hydrogens (tertiary/aromatic N) is 4. The Morgan fingerprint density at radius 1 is 0.974 bits per heavy atom. The topological polar surface area (TPSA) is 83.5 Å². The number of carbonyl (C=O) groups excluding carboxylic acids is 1. The zero-order valence-electron chi connectivity index (χ0n) is 22.4. The number of carbonyl (C=O) groups is 1. The SMILES string of the molecule is CCCCN(CCCC)S(=O)(=O)c1ccc(C(=O)N(Cc2ccncc2)c2nc3c(C)cc(Cl)cc3s2)cc1. The van der Waals surface area contributed by atoms with Gasteiger partial charge in [0.1, 0.15) is 0 Å². The molecule has 0 fully saturated rings. The second kappa shape index (κ2) is 13.0. The number of thiazole rings is 1. The third-order valence-electron chi connectivity index (χ3n) is 6.47. The Morgan fingerprint density at radius 3 is 2.23 bits per heavy atom. The first-order valence-electron chi connectivity index (χ1n) is 13.1. The number of anilines is 1. The monoisotopic (exact) mass is 584 g/mol. The van der Waals surface area contributed by atoms with Crippen molar-refractivity contribution in [3.05, 3.63) is 82.6 Å². The number of rotatable bonds is 12. The number of fused-ring (bicyclic) bond motifs is 1. The minimum absolute atomic E-state index is 0.192. The summed E-state index contributed by atoms with van der Waals surface area (Å²) in [6, 6.07) is 13.6. The first kappa shape index (κ1) is 29.1. The molecule has 0 atom stereocenters. The number of unbranched alkanes of at least 4 members (excludes halogenated alkanes) is 2. The van der Waals surface area contributed by atoms with Crippen LogP contribution in [0, 0.1) is 6.92 Å². The van der Waals surface area contributed by atoms with Crippen LogP contribution in [0.25, 0.3) is 10.2 Å². The first-order valence-corrected chi connectivity index (χ1v) is 15.8. The molecule has 0 unspecified atom stereocenters. The number of pyridine rings is 1. The molecule has 4 rings (SSSR count). The minimum atomic E-state index is -3.66. The van der Waals surface area contributed by atoms with Crippen LogP contribution in [0.4, 0.5) is 5.13 Å². The van der Waals surface area contributed by atoms with Gasteiger partial charge in [-0.2, -0.15) is 4.31 Å². The molecule has 0 spiro atoms. The van der Waals surface area contributed by atoms with Crippen LogP contribution in [0.1, 0.15) is 61.0 Å². The van der Waals surface area contributed by atoms with Crippen molar-refractivity contribution in [2.75, 3.05) is 18.0 Å². The highest BCUT2D eigenvalue weighted by Gasteiger charge is 2.26. The molecule has 0 saturated heterocycles. The molecule has 206 valence electrons. The number of aryl methyl sites for hydroxylation is 1. The van der Waals surface area contributed by atoms with E-state index in [0.717, 1.165) is 47.0 Å². The summed E-state index contributed by atoms with van der Waals surface area (Å²) >= 11 is 7.66. The van der Waals surface area contributed by atoms with Crippen LogP contribution >= 0.6 is 22.9 Å². The highest BCUT2D eigenvalue weighted by atomic mass is 35.5. The van der Waals surface area contributed by atoms with Gasteiger partial charge in [0.2, 0.25) is 10.0 Å². The Bertz CT molecular complexity index is 1520. The Labute approximate surface area is 239 Å². The quantitative estimate of drug-likeness (QED) is 0.177. The Kier molecular flexibility index (Phi) is 9.71. The van der Waals surface area contributed by atoms with E-state index in [9.17, 15) is 13.2 Å². The summed E-state index contributed by atoms with van der Waals surface area (Å²) in [6.45, 7) is 7.29. The highest BCUT2D eigenvalue weighted by molar-refractivity contribution is 7.89. The van der Waals surface area contributed by atoms with Crippen molar-refractivity contribution in [2.24, 2.45) is 0 Å². The molecule has 0 aliphatic carbocycles. The van der Waals surface area contributed by atoms with E-state index in [2.05, 4.69) is 4.98 Å². The van der Waals surface area contributed by atoms with Crippen molar-refractivity contribution >= 4 is 54.2 Å². The molecule has 7 nitrogen and oxygen atoms in total. The van der Waals surface area contributed by atoms with Crippen molar-refractivity contribution in [3.8, 4) is 0 Å². The van der Waals surface area contributed by atoms with Gasteiger partial charge in [-0.15, -0.1) is 0 Å². The van der Waals surface area contributed by atoms with E-state index in [-0.39, 0.29) is 17.3 Å². The average molecular weight is 585 g/mol. The zero-order chi connectivity index (χ0) is 28.0. The number of hydrogen-bond donors (Lipinski definition) is 0. The number of amides is 1. The van der Waals surface area contributed by atoms with Crippen LogP contribution in [-0.4, -0.2) is 41.7 Å². The lowest BCUT2D eigenvalue weighted by Crippen LogP contribution is -2.33. The van der Waals surface area contributed by atoms with Crippen molar-refractivity contribution in [1.29, 1.82) is 0 Å². The summed E-state index contributed by atoms with van der Waals surface area (Å²) in [5, 5.41) is 1.16. The predicted molar refractivity (Wildman–Crippen MR) is 159 cm³/mol. The Balaban J connectivity index is 1.67. The van der Waals surface area contributed by atoms with E-state index in [0.29, 0.717) is 28.8 Å². The summed E-state index contributed by atoms with van der Waals surface area (Å²) in [5.41, 5.74) is 3.01. The van der Waals surface area contributed by atoms with Gasteiger partial charge in [0.05, 0.1) is 21.7 Å². The molecular formula is C29H33ClN4O3S2. The predicted octanol–water partition coefficient (Wildman–Crippen LogP) is 7.09. The van der Waals surface area contributed by atoms with Crippen LogP contribution in [0.3, 0.4) is 0 Å². The van der Waals surface area contributed by atoms with Crippen LogP contribution in [0.15, 0.2) is 65.8 Å². The maximum absolute atomic E-state index is 13.8. The second-order valence-electron chi connectivity index (χ2n) is 9.45. The van der Waals surface area contributed by atoms with Gasteiger partial charge in [-0.3, -0.25) is 14.7 Å². The zero-order valence-corrected chi connectivity index (χ0v) is 24.8. The Morgan fingerprint density at radius 2 is 1.62 bits per heavy atom. The molecule has 1 amide bonds. The second-order valence-corrected chi connectivity index (χ2v) is 12.8. The van der Waals surface area contributed by atoms with Gasteiger partial charge in [0.15, 0.2) is 5.13 Å². The lowest BCUT2D eigenvalue weighted by Gasteiger charge is -2.22.